The van der Waals surface area contributed by atoms with Gasteiger partial charge in [-0.05, 0) is 19.1 Å². The topological polar surface area (TPSA) is 56.7 Å². The number of quaternary nitrogens is 1. The smallest absolute Gasteiger partial charge is 0.123 e. The Balaban J connectivity index is 2.49. The highest BCUT2D eigenvalue weighted by molar-refractivity contribution is 6.30. The van der Waals surface area contributed by atoms with Crippen molar-refractivity contribution in [1.82, 2.24) is 0 Å². The molecule has 0 saturated heterocycles. The monoisotopic (exact) mass is 213 g/mol. The molecule has 0 aliphatic heterocycles. The highest BCUT2D eigenvalue weighted by atomic mass is 35.5. The fourth-order valence-corrected chi connectivity index (χ4v) is 1.29. The fourth-order valence-electron chi connectivity index (χ4n) is 1.07. The van der Waals surface area contributed by atoms with Gasteiger partial charge in [0.1, 0.15) is 12.6 Å². The van der Waals surface area contributed by atoms with Crippen molar-refractivity contribution in [3.05, 3.63) is 34.9 Å². The van der Waals surface area contributed by atoms with E-state index in [1.165, 1.54) is 0 Å². The van der Waals surface area contributed by atoms with E-state index in [-0.39, 0.29) is 0 Å². The third kappa shape index (κ3) is 3.36. The largest absolute Gasteiger partial charge is 0.544 e. The Kier molecular flexibility index (Phi) is 3.92. The van der Waals surface area contributed by atoms with Crippen LogP contribution in [0, 0.1) is 0 Å². The lowest BCUT2D eigenvalue weighted by atomic mass is 10.2. The summed E-state index contributed by atoms with van der Waals surface area (Å²) < 4.78 is 0. The van der Waals surface area contributed by atoms with E-state index in [0.717, 1.165) is 5.56 Å². The summed E-state index contributed by atoms with van der Waals surface area (Å²) in [5, 5.41) is 12.8. The predicted octanol–water partition coefficient (Wildman–Crippen LogP) is -0.458. The molecule has 0 aromatic heterocycles. The maximum Gasteiger partial charge on any atom is 0.123 e. The minimum absolute atomic E-state index is 0.533. The lowest BCUT2D eigenvalue weighted by molar-refractivity contribution is -0.695. The molecule has 2 N–H and O–H groups in total. The van der Waals surface area contributed by atoms with E-state index in [0.29, 0.717) is 11.6 Å². The van der Waals surface area contributed by atoms with Crippen molar-refractivity contribution in [1.29, 1.82) is 0 Å². The molecule has 0 amide bonds. The van der Waals surface area contributed by atoms with Gasteiger partial charge in [0.05, 0.1) is 5.97 Å². The number of carbonyl (C=O) groups excluding carboxylic acids is 1. The zero-order chi connectivity index (χ0) is 10.6. The highest BCUT2D eigenvalue weighted by Crippen LogP contribution is 2.09. The molecule has 0 aliphatic rings. The number of hydrogen-bond acceptors (Lipinski definition) is 2. The van der Waals surface area contributed by atoms with Gasteiger partial charge in [0.15, 0.2) is 0 Å². The van der Waals surface area contributed by atoms with Crippen molar-refractivity contribution in [2.45, 2.75) is 19.5 Å². The first kappa shape index (κ1) is 11.0. The molecule has 0 heterocycles. The zero-order valence-corrected chi connectivity index (χ0v) is 8.62. The van der Waals surface area contributed by atoms with Gasteiger partial charge < -0.3 is 15.2 Å². The molecule has 0 spiro atoms. The van der Waals surface area contributed by atoms with Crippen molar-refractivity contribution in [3.63, 3.8) is 0 Å². The van der Waals surface area contributed by atoms with Crippen LogP contribution in [0.15, 0.2) is 24.3 Å². The van der Waals surface area contributed by atoms with E-state index in [1.54, 1.807) is 18.3 Å². The van der Waals surface area contributed by atoms with Gasteiger partial charge in [0, 0.05) is 10.6 Å². The minimum Gasteiger partial charge on any atom is -0.544 e. The molecular formula is C10H12ClNO2. The van der Waals surface area contributed by atoms with Gasteiger partial charge in [-0.2, -0.15) is 0 Å². The second kappa shape index (κ2) is 4.98. The quantitative estimate of drug-likeness (QED) is 0.736. The van der Waals surface area contributed by atoms with Crippen LogP contribution in [0.5, 0.6) is 0 Å². The molecule has 4 heteroatoms. The number of nitrogens with two attached hydrogens (primary N) is 1. The molecule has 0 aliphatic carbocycles. The Morgan fingerprint density at radius 2 is 2.36 bits per heavy atom. The molecule has 14 heavy (non-hydrogen) atoms. The van der Waals surface area contributed by atoms with E-state index in [2.05, 4.69) is 0 Å². The Bertz CT molecular complexity index is 328. The van der Waals surface area contributed by atoms with Crippen LogP contribution in [-0.4, -0.2) is 12.0 Å². The summed E-state index contributed by atoms with van der Waals surface area (Å²) in [6, 6.07) is 6.82. The number of benzene rings is 1. The molecule has 0 saturated carbocycles. The lowest BCUT2D eigenvalue weighted by Crippen LogP contribution is -2.90. The predicted molar refractivity (Wildman–Crippen MR) is 51.6 cm³/mol. The average Bonchev–Trinajstić information content (AvgIpc) is 2.14. The molecule has 3 nitrogen and oxygen atoms in total. The molecule has 76 valence electrons. The summed E-state index contributed by atoms with van der Waals surface area (Å²) >= 11 is 5.78. The van der Waals surface area contributed by atoms with E-state index in [4.69, 9.17) is 11.6 Å². The lowest BCUT2D eigenvalue weighted by Gasteiger charge is -2.11. The molecule has 0 fully saturated rings. The van der Waals surface area contributed by atoms with Crippen LogP contribution in [0.3, 0.4) is 0 Å². The van der Waals surface area contributed by atoms with Crippen LogP contribution in [0.25, 0.3) is 0 Å². The second-order valence-electron chi connectivity index (χ2n) is 3.18. The standard InChI is InChI=1S/C10H12ClNO2/c1-7(10(13)14)12-6-8-3-2-4-9(11)5-8/h2-5,7,12H,6H2,1H3,(H,13,14)/t7-/m1/s1. The minimum atomic E-state index is -1.05. The van der Waals surface area contributed by atoms with Crippen LogP contribution in [0.2, 0.25) is 5.02 Å². The van der Waals surface area contributed by atoms with E-state index >= 15 is 0 Å². The van der Waals surface area contributed by atoms with Crippen LogP contribution < -0.4 is 10.4 Å². The van der Waals surface area contributed by atoms with Gasteiger partial charge in [-0.3, -0.25) is 0 Å². The Labute approximate surface area is 87.7 Å². The van der Waals surface area contributed by atoms with Gasteiger partial charge in [-0.25, -0.2) is 0 Å². The molecule has 0 radical (unpaired) electrons. The van der Waals surface area contributed by atoms with Gasteiger partial charge in [0.2, 0.25) is 0 Å². The van der Waals surface area contributed by atoms with E-state index in [1.807, 2.05) is 18.2 Å². The molecule has 1 atom stereocenters. The summed E-state index contributed by atoms with van der Waals surface area (Å²) in [5.74, 6) is -1.05. The van der Waals surface area contributed by atoms with Gasteiger partial charge in [-0.1, -0.05) is 23.7 Å². The summed E-state index contributed by atoms with van der Waals surface area (Å²) in [5.41, 5.74) is 1.01. The van der Waals surface area contributed by atoms with Crippen molar-refractivity contribution in [2.75, 3.05) is 0 Å². The van der Waals surface area contributed by atoms with Crippen LogP contribution in [-0.2, 0) is 11.3 Å². The Hall–Kier alpha value is -1.06. The average molecular weight is 214 g/mol. The van der Waals surface area contributed by atoms with Crippen molar-refractivity contribution >= 4 is 17.6 Å². The van der Waals surface area contributed by atoms with Crippen LogP contribution >= 0.6 is 11.6 Å². The Morgan fingerprint density at radius 3 is 2.93 bits per heavy atom. The van der Waals surface area contributed by atoms with Crippen LogP contribution in [0.4, 0.5) is 0 Å². The first-order valence-electron chi connectivity index (χ1n) is 4.38. The van der Waals surface area contributed by atoms with Crippen molar-refractivity contribution in [3.8, 4) is 0 Å². The number of rotatable bonds is 4. The number of aliphatic carboxylic acids is 1. The second-order valence-corrected chi connectivity index (χ2v) is 3.61. The van der Waals surface area contributed by atoms with Crippen molar-refractivity contribution in [2.24, 2.45) is 0 Å². The summed E-state index contributed by atoms with van der Waals surface area (Å²) in [4.78, 5) is 10.4. The number of carbonyl (C=O) groups is 1. The highest BCUT2D eigenvalue weighted by Gasteiger charge is 2.05. The normalized spacial score (nSPS) is 12.4. The van der Waals surface area contributed by atoms with Gasteiger partial charge >= 0.3 is 0 Å². The first-order valence-corrected chi connectivity index (χ1v) is 4.76. The van der Waals surface area contributed by atoms with E-state index in [9.17, 15) is 9.90 Å². The molecule has 0 bridgehead atoms. The summed E-state index contributed by atoms with van der Waals surface area (Å²) in [6.07, 6.45) is 0. The maximum atomic E-state index is 10.4. The van der Waals surface area contributed by atoms with Crippen LogP contribution in [0.1, 0.15) is 12.5 Å². The first-order chi connectivity index (χ1) is 6.59. The third-order valence-electron chi connectivity index (χ3n) is 1.97. The summed E-state index contributed by atoms with van der Waals surface area (Å²) in [6.45, 7) is 2.19. The molecular weight excluding hydrogens is 202 g/mol. The number of carboxylic acid groups (broad SMARTS) is 1. The Morgan fingerprint density at radius 1 is 1.64 bits per heavy atom. The third-order valence-corrected chi connectivity index (χ3v) is 2.20. The van der Waals surface area contributed by atoms with Gasteiger partial charge in [-0.15, -0.1) is 0 Å². The number of carboxylic acids is 1. The number of hydrogen-bond donors (Lipinski definition) is 1. The maximum absolute atomic E-state index is 10.4. The molecule has 1 aromatic carbocycles. The molecule has 1 aromatic rings. The fraction of sp³-hybridized carbons (Fsp3) is 0.300. The zero-order valence-electron chi connectivity index (χ0n) is 7.87. The van der Waals surface area contributed by atoms with Crippen molar-refractivity contribution < 1.29 is 15.2 Å². The van der Waals surface area contributed by atoms with E-state index < -0.39 is 12.0 Å². The number of halogens is 1. The SMILES string of the molecule is C[C@@H]([NH2+]Cc1cccc(Cl)c1)C(=O)[O-]. The van der Waals surface area contributed by atoms with Gasteiger partial charge in [0.25, 0.3) is 0 Å². The summed E-state index contributed by atoms with van der Waals surface area (Å²) in [7, 11) is 0. The molecule has 1 rings (SSSR count). The molecule has 0 unspecified atom stereocenters.